The molecular weight excluding hydrogens is 275 g/mol. The van der Waals surface area contributed by atoms with Crippen molar-refractivity contribution >= 4 is 5.69 Å². The molecule has 0 saturated heterocycles. The van der Waals surface area contributed by atoms with Gasteiger partial charge in [-0.25, -0.2) is 4.39 Å². The van der Waals surface area contributed by atoms with Crippen molar-refractivity contribution in [1.82, 2.24) is 0 Å². The Morgan fingerprint density at radius 1 is 1.38 bits per heavy atom. The van der Waals surface area contributed by atoms with Crippen LogP contribution in [0.3, 0.4) is 0 Å². The van der Waals surface area contributed by atoms with E-state index in [2.05, 4.69) is 16.6 Å². The van der Waals surface area contributed by atoms with Gasteiger partial charge in [0.15, 0.2) is 0 Å². The molecule has 0 bridgehead atoms. The Hall–Kier alpha value is -2.47. The summed E-state index contributed by atoms with van der Waals surface area (Å²) in [4.78, 5) is 10.4. The van der Waals surface area contributed by atoms with Crippen LogP contribution in [0.1, 0.15) is 6.92 Å². The number of methoxy groups -OCH3 is 1. The van der Waals surface area contributed by atoms with Crippen LogP contribution in [-0.2, 0) is 4.74 Å². The van der Waals surface area contributed by atoms with Crippen molar-refractivity contribution in [3.63, 3.8) is 0 Å². The van der Waals surface area contributed by atoms with E-state index in [0.29, 0.717) is 5.69 Å². The van der Waals surface area contributed by atoms with Gasteiger partial charge in [0.05, 0.1) is 4.92 Å². The number of halogens is 1. The standard InChI is InChI=1S/C13H13FN2O2.C2H6O/c1-3-5-13(16(17)18)12(4-2)15-11-8-6-10(14)7-9-11;1-3-2/h3-9,15H,2H2,1H3;1-2H3/b5-3-,13-12-;. The van der Waals surface area contributed by atoms with Crippen molar-refractivity contribution in [1.29, 1.82) is 0 Å². The molecule has 0 spiro atoms. The molecule has 0 aliphatic heterocycles. The van der Waals surface area contributed by atoms with E-state index in [-0.39, 0.29) is 17.2 Å². The van der Waals surface area contributed by atoms with Crippen molar-refractivity contribution in [3.05, 3.63) is 76.4 Å². The van der Waals surface area contributed by atoms with Gasteiger partial charge in [0, 0.05) is 26.0 Å². The second-order valence-corrected chi connectivity index (χ2v) is 3.80. The highest BCUT2D eigenvalue weighted by Crippen LogP contribution is 2.15. The largest absolute Gasteiger partial charge is 0.388 e. The van der Waals surface area contributed by atoms with Gasteiger partial charge in [0.1, 0.15) is 11.5 Å². The lowest BCUT2D eigenvalue weighted by molar-refractivity contribution is -0.419. The maximum Gasteiger partial charge on any atom is 0.292 e. The molecule has 1 rings (SSSR count). The summed E-state index contributed by atoms with van der Waals surface area (Å²) in [6, 6.07) is 5.52. The van der Waals surface area contributed by atoms with Crippen molar-refractivity contribution in [3.8, 4) is 0 Å². The first-order valence-corrected chi connectivity index (χ1v) is 6.06. The van der Waals surface area contributed by atoms with E-state index in [1.165, 1.54) is 36.4 Å². The number of ether oxygens (including phenoxy) is 1. The molecule has 21 heavy (non-hydrogen) atoms. The summed E-state index contributed by atoms with van der Waals surface area (Å²) in [6.45, 7) is 5.21. The molecule has 0 atom stereocenters. The second kappa shape index (κ2) is 10.3. The maximum atomic E-state index is 12.7. The number of rotatable bonds is 5. The molecule has 0 aliphatic rings. The van der Waals surface area contributed by atoms with E-state index in [4.69, 9.17) is 0 Å². The van der Waals surface area contributed by atoms with Gasteiger partial charge in [-0.3, -0.25) is 10.1 Å². The Morgan fingerprint density at radius 2 is 1.90 bits per heavy atom. The lowest BCUT2D eigenvalue weighted by atomic mass is 10.2. The first kappa shape index (κ1) is 18.5. The molecule has 0 aromatic heterocycles. The fraction of sp³-hybridized carbons (Fsp3) is 0.200. The zero-order chi connectivity index (χ0) is 16.3. The molecule has 1 aromatic carbocycles. The summed E-state index contributed by atoms with van der Waals surface area (Å²) >= 11 is 0. The Kier molecular flexibility index (Phi) is 9.12. The molecule has 114 valence electrons. The molecular formula is C15H19FN2O3. The first-order chi connectivity index (χ1) is 9.99. The molecule has 0 radical (unpaired) electrons. The number of anilines is 1. The summed E-state index contributed by atoms with van der Waals surface area (Å²) < 4.78 is 17.0. The minimum atomic E-state index is -0.506. The number of hydrogen-bond donors (Lipinski definition) is 1. The fourth-order valence-electron chi connectivity index (χ4n) is 1.32. The molecule has 0 fully saturated rings. The third-order valence-electron chi connectivity index (χ3n) is 2.12. The molecule has 1 N–H and O–H groups in total. The first-order valence-electron chi connectivity index (χ1n) is 6.06. The molecule has 5 nitrogen and oxygen atoms in total. The zero-order valence-electron chi connectivity index (χ0n) is 12.3. The monoisotopic (exact) mass is 294 g/mol. The zero-order valence-corrected chi connectivity index (χ0v) is 12.3. The van der Waals surface area contributed by atoms with Crippen LogP contribution in [0.2, 0.25) is 0 Å². The average molecular weight is 294 g/mol. The van der Waals surface area contributed by atoms with E-state index in [0.717, 1.165) is 0 Å². The fourth-order valence-corrected chi connectivity index (χ4v) is 1.32. The molecule has 6 heteroatoms. The summed E-state index contributed by atoms with van der Waals surface area (Å²) in [5.74, 6) is -0.368. The van der Waals surface area contributed by atoms with E-state index in [1.54, 1.807) is 27.2 Å². The lowest BCUT2D eigenvalue weighted by Crippen LogP contribution is -2.06. The van der Waals surface area contributed by atoms with Crippen LogP contribution in [0.5, 0.6) is 0 Å². The molecule has 0 unspecified atom stereocenters. The van der Waals surface area contributed by atoms with Crippen LogP contribution in [-0.4, -0.2) is 19.1 Å². The van der Waals surface area contributed by atoms with E-state index in [1.807, 2.05) is 0 Å². The van der Waals surface area contributed by atoms with Crippen molar-refractivity contribution in [2.45, 2.75) is 6.92 Å². The van der Waals surface area contributed by atoms with Gasteiger partial charge in [0.25, 0.3) is 5.70 Å². The number of allylic oxidation sites excluding steroid dienone is 3. The predicted octanol–water partition coefficient (Wildman–Crippen LogP) is 3.75. The van der Waals surface area contributed by atoms with Crippen LogP contribution < -0.4 is 5.32 Å². The summed E-state index contributed by atoms with van der Waals surface area (Å²) in [5, 5.41) is 13.7. The smallest absolute Gasteiger partial charge is 0.292 e. The maximum absolute atomic E-state index is 12.7. The highest BCUT2D eigenvalue weighted by Gasteiger charge is 2.12. The Balaban J connectivity index is 0.00000122. The number of benzene rings is 1. The van der Waals surface area contributed by atoms with Gasteiger partial charge >= 0.3 is 0 Å². The van der Waals surface area contributed by atoms with Crippen LogP contribution in [0.25, 0.3) is 0 Å². The average Bonchev–Trinajstić information content (AvgIpc) is 2.45. The minimum absolute atomic E-state index is 0.100. The summed E-state index contributed by atoms with van der Waals surface area (Å²) in [7, 11) is 3.25. The second-order valence-electron chi connectivity index (χ2n) is 3.80. The summed E-state index contributed by atoms with van der Waals surface area (Å²) in [5.41, 5.74) is 0.705. The van der Waals surface area contributed by atoms with Gasteiger partial charge in [-0.05, 0) is 37.3 Å². The van der Waals surface area contributed by atoms with Crippen molar-refractivity contribution < 1.29 is 14.1 Å². The quantitative estimate of drug-likeness (QED) is 0.510. The van der Waals surface area contributed by atoms with Crippen LogP contribution in [0.15, 0.2) is 60.5 Å². The molecule has 1 aromatic rings. The van der Waals surface area contributed by atoms with Gasteiger partial charge in [-0.2, -0.15) is 0 Å². The number of nitro groups is 1. The van der Waals surface area contributed by atoms with E-state index in [9.17, 15) is 14.5 Å². The van der Waals surface area contributed by atoms with E-state index < -0.39 is 4.92 Å². The number of hydrogen-bond acceptors (Lipinski definition) is 4. The normalized spacial score (nSPS) is 11.2. The highest BCUT2D eigenvalue weighted by molar-refractivity contribution is 5.52. The summed E-state index contributed by atoms with van der Waals surface area (Å²) in [6.07, 6.45) is 4.28. The molecule has 0 heterocycles. The Morgan fingerprint density at radius 3 is 2.29 bits per heavy atom. The Bertz CT molecular complexity index is 522. The third-order valence-corrected chi connectivity index (χ3v) is 2.12. The van der Waals surface area contributed by atoms with Gasteiger partial charge in [-0.15, -0.1) is 0 Å². The van der Waals surface area contributed by atoms with Crippen molar-refractivity contribution in [2.75, 3.05) is 19.5 Å². The highest BCUT2D eigenvalue weighted by atomic mass is 19.1. The van der Waals surface area contributed by atoms with Crippen molar-refractivity contribution in [2.24, 2.45) is 0 Å². The van der Waals surface area contributed by atoms with Gasteiger partial charge < -0.3 is 10.1 Å². The molecule has 0 amide bonds. The third kappa shape index (κ3) is 7.03. The van der Waals surface area contributed by atoms with Crippen LogP contribution >= 0.6 is 0 Å². The topological polar surface area (TPSA) is 64.4 Å². The molecule has 0 saturated carbocycles. The van der Waals surface area contributed by atoms with E-state index >= 15 is 0 Å². The SMILES string of the molecule is C=C/C(Nc1ccc(F)cc1)=C(\C=C/C)[N+](=O)[O-].COC. The number of nitrogens with zero attached hydrogens (tertiary/aromatic N) is 1. The molecule has 0 aliphatic carbocycles. The lowest BCUT2D eigenvalue weighted by Gasteiger charge is -2.06. The Labute approximate surface area is 123 Å². The number of nitrogens with one attached hydrogen (secondary N) is 1. The van der Waals surface area contributed by atoms with Crippen LogP contribution in [0.4, 0.5) is 10.1 Å². The van der Waals surface area contributed by atoms with Crippen LogP contribution in [0, 0.1) is 15.9 Å². The van der Waals surface area contributed by atoms with Gasteiger partial charge in [0.2, 0.25) is 0 Å². The predicted molar refractivity (Wildman–Crippen MR) is 82.0 cm³/mol. The minimum Gasteiger partial charge on any atom is -0.388 e. The van der Waals surface area contributed by atoms with Gasteiger partial charge in [-0.1, -0.05) is 12.7 Å².